The number of thiophene rings is 1. The van der Waals surface area contributed by atoms with Crippen molar-refractivity contribution in [1.82, 2.24) is 19.9 Å². The average Bonchev–Trinajstić information content (AvgIpc) is 3.34. The molecule has 1 aliphatic heterocycles. The van der Waals surface area contributed by atoms with Crippen molar-refractivity contribution in [3.63, 3.8) is 0 Å². The van der Waals surface area contributed by atoms with Gasteiger partial charge in [-0.05, 0) is 36.6 Å². The Morgan fingerprint density at radius 3 is 2.92 bits per heavy atom. The van der Waals surface area contributed by atoms with Gasteiger partial charge in [-0.1, -0.05) is 18.1 Å². The molecule has 1 amide bonds. The van der Waals surface area contributed by atoms with E-state index in [0.717, 1.165) is 62.6 Å². The molecule has 1 fully saturated rings. The molecular formula is C18H26N4O2S2. The Hall–Kier alpha value is -1.38. The number of carbonyl (C=O) groups excluding carboxylic acids is 1. The third-order valence-corrected chi connectivity index (χ3v) is 6.39. The van der Waals surface area contributed by atoms with Gasteiger partial charge in [0.25, 0.3) is 0 Å². The summed E-state index contributed by atoms with van der Waals surface area (Å²) < 4.78 is 5.34. The van der Waals surface area contributed by atoms with Crippen molar-refractivity contribution in [3.8, 4) is 10.7 Å². The van der Waals surface area contributed by atoms with Gasteiger partial charge in [-0.25, -0.2) is 0 Å². The summed E-state index contributed by atoms with van der Waals surface area (Å²) >= 11 is 3.36. The van der Waals surface area contributed by atoms with Gasteiger partial charge >= 0.3 is 0 Å². The predicted octanol–water partition coefficient (Wildman–Crippen LogP) is 3.02. The van der Waals surface area contributed by atoms with Crippen LogP contribution in [0.3, 0.4) is 0 Å². The highest BCUT2D eigenvalue weighted by Gasteiger charge is 2.20. The maximum atomic E-state index is 12.1. The molecular weight excluding hydrogens is 368 g/mol. The van der Waals surface area contributed by atoms with E-state index in [9.17, 15) is 4.79 Å². The second kappa shape index (κ2) is 10.1. The third kappa shape index (κ3) is 5.56. The van der Waals surface area contributed by atoms with Gasteiger partial charge in [-0.3, -0.25) is 9.69 Å². The lowest BCUT2D eigenvalue weighted by Gasteiger charge is -2.34. The topological polar surface area (TPSA) is 62.5 Å². The first-order valence-corrected chi connectivity index (χ1v) is 11.2. The molecule has 0 bridgehead atoms. The number of aromatic nitrogens is 2. The van der Waals surface area contributed by atoms with E-state index in [0.29, 0.717) is 17.5 Å². The van der Waals surface area contributed by atoms with E-state index in [1.54, 1.807) is 23.1 Å². The summed E-state index contributed by atoms with van der Waals surface area (Å²) in [5, 5.41) is 6.06. The molecule has 3 rings (SSSR count). The Bertz CT molecular complexity index is 667. The van der Waals surface area contributed by atoms with Crippen LogP contribution in [0, 0.1) is 0 Å². The Balaban J connectivity index is 1.33. The molecule has 26 heavy (non-hydrogen) atoms. The van der Waals surface area contributed by atoms with Gasteiger partial charge in [0.15, 0.2) is 0 Å². The van der Waals surface area contributed by atoms with Crippen molar-refractivity contribution in [1.29, 1.82) is 0 Å². The number of amides is 1. The third-order valence-electron chi connectivity index (χ3n) is 4.37. The number of hydrogen-bond acceptors (Lipinski definition) is 7. The summed E-state index contributed by atoms with van der Waals surface area (Å²) in [7, 11) is 0. The minimum Gasteiger partial charge on any atom is -0.339 e. The maximum absolute atomic E-state index is 12.1. The molecule has 6 nitrogen and oxygen atoms in total. The Morgan fingerprint density at radius 1 is 1.35 bits per heavy atom. The molecule has 0 aliphatic carbocycles. The fourth-order valence-electron chi connectivity index (χ4n) is 2.93. The lowest BCUT2D eigenvalue weighted by atomic mass is 10.2. The number of piperazine rings is 1. The summed E-state index contributed by atoms with van der Waals surface area (Å²) in [4.78, 5) is 22.1. The van der Waals surface area contributed by atoms with Crippen LogP contribution in [0.25, 0.3) is 10.7 Å². The molecule has 0 atom stereocenters. The van der Waals surface area contributed by atoms with Crippen LogP contribution in [0.4, 0.5) is 0 Å². The van der Waals surface area contributed by atoms with E-state index < -0.39 is 0 Å². The summed E-state index contributed by atoms with van der Waals surface area (Å²) in [6.07, 6.45) is 2.91. The van der Waals surface area contributed by atoms with Crippen LogP contribution in [0.2, 0.25) is 0 Å². The van der Waals surface area contributed by atoms with Gasteiger partial charge in [-0.2, -0.15) is 16.7 Å². The Kier molecular flexibility index (Phi) is 7.52. The van der Waals surface area contributed by atoms with E-state index in [4.69, 9.17) is 4.52 Å². The van der Waals surface area contributed by atoms with Crippen molar-refractivity contribution in [2.24, 2.45) is 0 Å². The second-order valence-corrected chi connectivity index (χ2v) is 8.42. The number of thioether (sulfide) groups is 1. The quantitative estimate of drug-likeness (QED) is 0.609. The van der Waals surface area contributed by atoms with Crippen molar-refractivity contribution in [3.05, 3.63) is 23.4 Å². The summed E-state index contributed by atoms with van der Waals surface area (Å²) in [5.74, 6) is 3.36. The molecule has 3 heterocycles. The Morgan fingerprint density at radius 2 is 2.19 bits per heavy atom. The minimum absolute atomic E-state index is 0.287. The van der Waals surface area contributed by atoms with Crippen LogP contribution in [0.5, 0.6) is 0 Å². The molecule has 2 aromatic rings. The van der Waals surface area contributed by atoms with E-state index >= 15 is 0 Å². The molecule has 0 radical (unpaired) electrons. The van der Waals surface area contributed by atoms with Crippen LogP contribution >= 0.6 is 23.1 Å². The van der Waals surface area contributed by atoms with Gasteiger partial charge in [0.2, 0.25) is 17.6 Å². The molecule has 1 aliphatic rings. The van der Waals surface area contributed by atoms with Gasteiger partial charge in [0.1, 0.15) is 0 Å². The van der Waals surface area contributed by atoms with E-state index in [1.807, 2.05) is 22.4 Å². The van der Waals surface area contributed by atoms with Crippen LogP contribution in [-0.2, 0) is 11.2 Å². The zero-order valence-electron chi connectivity index (χ0n) is 15.2. The fraction of sp³-hybridized carbons (Fsp3) is 0.611. The molecule has 2 aromatic heterocycles. The second-order valence-electron chi connectivity index (χ2n) is 6.37. The molecule has 0 spiro atoms. The Labute approximate surface area is 162 Å². The number of aryl methyl sites for hydroxylation is 1. The number of nitrogens with zero attached hydrogens (tertiary/aromatic N) is 4. The number of rotatable bonds is 9. The number of carbonyl (C=O) groups is 1. The molecule has 0 unspecified atom stereocenters. The van der Waals surface area contributed by atoms with Crippen LogP contribution in [0.1, 0.15) is 25.7 Å². The van der Waals surface area contributed by atoms with Gasteiger partial charge in [-0.15, -0.1) is 11.3 Å². The SMILES string of the molecule is CCCSCC(=O)N1CCN(CCCc2nc(-c3cccs3)no2)CC1. The number of hydrogen-bond donors (Lipinski definition) is 0. The van der Waals surface area contributed by atoms with Gasteiger partial charge in [0, 0.05) is 32.6 Å². The zero-order chi connectivity index (χ0) is 18.2. The molecule has 0 saturated carbocycles. The summed E-state index contributed by atoms with van der Waals surface area (Å²) in [6, 6.07) is 3.99. The average molecular weight is 395 g/mol. The summed E-state index contributed by atoms with van der Waals surface area (Å²) in [5.41, 5.74) is 0. The lowest BCUT2D eigenvalue weighted by molar-refractivity contribution is -0.130. The van der Waals surface area contributed by atoms with Crippen LogP contribution < -0.4 is 0 Å². The van der Waals surface area contributed by atoms with Gasteiger partial charge in [0.05, 0.1) is 10.6 Å². The van der Waals surface area contributed by atoms with Crippen molar-refractivity contribution >= 4 is 29.0 Å². The molecule has 0 N–H and O–H groups in total. The first kappa shape index (κ1) is 19.4. The molecule has 0 aromatic carbocycles. The van der Waals surface area contributed by atoms with E-state index in [2.05, 4.69) is 22.0 Å². The predicted molar refractivity (Wildman–Crippen MR) is 107 cm³/mol. The van der Waals surface area contributed by atoms with Crippen molar-refractivity contribution in [2.45, 2.75) is 26.2 Å². The maximum Gasteiger partial charge on any atom is 0.232 e. The highest BCUT2D eigenvalue weighted by Crippen LogP contribution is 2.21. The monoisotopic (exact) mass is 394 g/mol. The fourth-order valence-corrected chi connectivity index (χ4v) is 4.37. The zero-order valence-corrected chi connectivity index (χ0v) is 16.9. The van der Waals surface area contributed by atoms with Gasteiger partial charge < -0.3 is 9.42 Å². The van der Waals surface area contributed by atoms with E-state index in [1.165, 1.54) is 0 Å². The molecule has 1 saturated heterocycles. The standard InChI is InChI=1S/C18H26N4O2S2/c1-2-12-25-14-17(23)22-10-8-21(9-11-22)7-3-6-16-19-18(20-24-16)15-5-4-13-26-15/h4-5,13H,2-3,6-12,14H2,1H3. The highest BCUT2D eigenvalue weighted by molar-refractivity contribution is 7.99. The molecule has 8 heteroatoms. The normalized spacial score (nSPS) is 15.5. The highest BCUT2D eigenvalue weighted by atomic mass is 32.2. The minimum atomic E-state index is 0.287. The van der Waals surface area contributed by atoms with Crippen LogP contribution in [0.15, 0.2) is 22.0 Å². The molecule has 142 valence electrons. The van der Waals surface area contributed by atoms with Crippen molar-refractivity contribution in [2.75, 3.05) is 44.2 Å². The van der Waals surface area contributed by atoms with Crippen molar-refractivity contribution < 1.29 is 9.32 Å². The van der Waals surface area contributed by atoms with E-state index in [-0.39, 0.29) is 5.91 Å². The first-order valence-electron chi connectivity index (χ1n) is 9.20. The van der Waals surface area contributed by atoms with Crippen LogP contribution in [-0.4, -0.2) is 70.1 Å². The summed E-state index contributed by atoms with van der Waals surface area (Å²) in [6.45, 7) is 6.74. The first-order chi connectivity index (χ1) is 12.8. The largest absolute Gasteiger partial charge is 0.339 e. The lowest BCUT2D eigenvalue weighted by Crippen LogP contribution is -2.49. The smallest absolute Gasteiger partial charge is 0.232 e.